The number of nitrogens with one attached hydrogen (secondary N) is 1. The summed E-state index contributed by atoms with van der Waals surface area (Å²) in [6, 6.07) is 21.0. The summed E-state index contributed by atoms with van der Waals surface area (Å²) >= 11 is 3.65. The Balaban J connectivity index is 2.18. The summed E-state index contributed by atoms with van der Waals surface area (Å²) in [4.78, 5) is 0. The van der Waals surface area contributed by atoms with E-state index in [1.165, 1.54) is 21.9 Å². The van der Waals surface area contributed by atoms with Gasteiger partial charge < -0.3 is 0 Å². The van der Waals surface area contributed by atoms with E-state index in [0.717, 1.165) is 10.0 Å². The molecule has 21 heavy (non-hydrogen) atoms. The molecule has 0 bridgehead atoms. The first kappa shape index (κ1) is 14.3. The lowest BCUT2D eigenvalue weighted by Crippen LogP contribution is -2.29. The third kappa shape index (κ3) is 2.72. The summed E-state index contributed by atoms with van der Waals surface area (Å²) in [5.74, 6) is 5.86. The van der Waals surface area contributed by atoms with Gasteiger partial charge in [0.25, 0.3) is 0 Å². The molecular weight excluding hydrogens is 324 g/mol. The Morgan fingerprint density at radius 1 is 0.952 bits per heavy atom. The first-order chi connectivity index (χ1) is 10.2. The second-order valence-corrected chi connectivity index (χ2v) is 6.05. The Bertz CT molecular complexity index is 778. The standard InChI is InChI=1S/C18H17BrN2/c1-12-9-10-16(17(19)11-12)18(21-20)15-8-4-6-13-5-2-3-7-14(13)15/h2-11,18,21H,20H2,1H3. The van der Waals surface area contributed by atoms with E-state index in [4.69, 9.17) is 5.84 Å². The number of rotatable bonds is 3. The number of hydrogen-bond acceptors (Lipinski definition) is 2. The van der Waals surface area contributed by atoms with E-state index in [0.29, 0.717) is 0 Å². The van der Waals surface area contributed by atoms with Gasteiger partial charge in [0.1, 0.15) is 0 Å². The molecule has 1 atom stereocenters. The van der Waals surface area contributed by atoms with E-state index in [1.54, 1.807) is 0 Å². The van der Waals surface area contributed by atoms with Crippen LogP contribution in [0.1, 0.15) is 22.7 Å². The summed E-state index contributed by atoms with van der Waals surface area (Å²) in [6.07, 6.45) is 0. The van der Waals surface area contributed by atoms with Crippen molar-refractivity contribution in [1.29, 1.82) is 0 Å². The molecule has 3 rings (SSSR count). The Morgan fingerprint density at radius 2 is 1.71 bits per heavy atom. The monoisotopic (exact) mass is 340 g/mol. The Labute approximate surface area is 133 Å². The van der Waals surface area contributed by atoms with E-state index in [-0.39, 0.29) is 6.04 Å². The molecule has 0 radical (unpaired) electrons. The predicted octanol–water partition coefficient (Wildman–Crippen LogP) is 4.46. The highest BCUT2D eigenvalue weighted by atomic mass is 79.9. The van der Waals surface area contributed by atoms with Crippen LogP contribution in [0.2, 0.25) is 0 Å². The highest BCUT2D eigenvalue weighted by Crippen LogP contribution is 2.32. The van der Waals surface area contributed by atoms with Gasteiger partial charge in [-0.25, -0.2) is 5.43 Å². The topological polar surface area (TPSA) is 38.0 Å². The van der Waals surface area contributed by atoms with Crippen molar-refractivity contribution in [2.75, 3.05) is 0 Å². The van der Waals surface area contributed by atoms with E-state index in [9.17, 15) is 0 Å². The molecule has 0 aliphatic carbocycles. The quantitative estimate of drug-likeness (QED) is 0.545. The molecule has 0 saturated heterocycles. The van der Waals surface area contributed by atoms with Crippen molar-refractivity contribution in [3.63, 3.8) is 0 Å². The molecule has 2 nitrogen and oxygen atoms in total. The zero-order chi connectivity index (χ0) is 14.8. The summed E-state index contributed by atoms with van der Waals surface area (Å²) in [5, 5.41) is 2.44. The van der Waals surface area contributed by atoms with Crippen molar-refractivity contribution in [3.05, 3.63) is 81.8 Å². The molecule has 0 saturated carbocycles. The van der Waals surface area contributed by atoms with Gasteiger partial charge in [0.2, 0.25) is 0 Å². The van der Waals surface area contributed by atoms with Crippen LogP contribution in [0, 0.1) is 6.92 Å². The first-order valence-corrected chi connectivity index (χ1v) is 7.70. The fourth-order valence-corrected chi connectivity index (χ4v) is 3.44. The average Bonchev–Trinajstić information content (AvgIpc) is 2.50. The van der Waals surface area contributed by atoms with Crippen LogP contribution in [0.15, 0.2) is 65.1 Å². The van der Waals surface area contributed by atoms with Gasteiger partial charge in [-0.2, -0.15) is 0 Å². The molecule has 3 heteroatoms. The average molecular weight is 341 g/mol. The summed E-state index contributed by atoms with van der Waals surface area (Å²) in [7, 11) is 0. The number of fused-ring (bicyclic) bond motifs is 1. The lowest BCUT2D eigenvalue weighted by Gasteiger charge is -2.20. The highest BCUT2D eigenvalue weighted by molar-refractivity contribution is 9.10. The van der Waals surface area contributed by atoms with Gasteiger partial charge >= 0.3 is 0 Å². The lowest BCUT2D eigenvalue weighted by atomic mass is 9.94. The van der Waals surface area contributed by atoms with Gasteiger partial charge in [-0.3, -0.25) is 5.84 Å². The van der Waals surface area contributed by atoms with Crippen molar-refractivity contribution in [2.24, 2.45) is 5.84 Å². The van der Waals surface area contributed by atoms with Crippen molar-refractivity contribution >= 4 is 26.7 Å². The SMILES string of the molecule is Cc1ccc(C(NN)c2cccc3ccccc23)c(Br)c1. The van der Waals surface area contributed by atoms with Crippen LogP contribution in [0.4, 0.5) is 0 Å². The van der Waals surface area contributed by atoms with Crippen LogP contribution in [0.5, 0.6) is 0 Å². The zero-order valence-electron chi connectivity index (χ0n) is 11.8. The molecule has 0 aliphatic rings. The van der Waals surface area contributed by atoms with Gasteiger partial charge in [0, 0.05) is 4.47 Å². The van der Waals surface area contributed by atoms with Gasteiger partial charge in [0.05, 0.1) is 6.04 Å². The zero-order valence-corrected chi connectivity index (χ0v) is 13.4. The minimum absolute atomic E-state index is 0.0499. The minimum atomic E-state index is -0.0499. The number of halogens is 1. The Hall–Kier alpha value is -1.68. The maximum absolute atomic E-state index is 5.86. The van der Waals surface area contributed by atoms with Gasteiger partial charge in [-0.1, -0.05) is 70.5 Å². The maximum Gasteiger partial charge on any atom is 0.0726 e. The number of hydrazine groups is 1. The third-order valence-electron chi connectivity index (χ3n) is 3.77. The Kier molecular flexibility index (Phi) is 4.06. The highest BCUT2D eigenvalue weighted by Gasteiger charge is 2.17. The number of aryl methyl sites for hydroxylation is 1. The van der Waals surface area contributed by atoms with Crippen LogP contribution in [0.3, 0.4) is 0 Å². The van der Waals surface area contributed by atoms with Gasteiger partial charge in [-0.05, 0) is 40.5 Å². The van der Waals surface area contributed by atoms with Crippen molar-refractivity contribution < 1.29 is 0 Å². The molecular formula is C18H17BrN2. The number of hydrogen-bond donors (Lipinski definition) is 2. The number of benzene rings is 3. The van der Waals surface area contributed by atoms with Crippen LogP contribution in [0.25, 0.3) is 10.8 Å². The van der Waals surface area contributed by atoms with Gasteiger partial charge in [0.15, 0.2) is 0 Å². The number of nitrogens with two attached hydrogens (primary N) is 1. The van der Waals surface area contributed by atoms with E-state index >= 15 is 0 Å². The molecule has 106 valence electrons. The summed E-state index contributed by atoms with van der Waals surface area (Å²) in [5.41, 5.74) is 6.50. The Morgan fingerprint density at radius 3 is 2.48 bits per heavy atom. The summed E-state index contributed by atoms with van der Waals surface area (Å²) in [6.45, 7) is 2.08. The minimum Gasteiger partial charge on any atom is -0.271 e. The van der Waals surface area contributed by atoms with Crippen molar-refractivity contribution in [1.82, 2.24) is 5.43 Å². The lowest BCUT2D eigenvalue weighted by molar-refractivity contribution is 0.638. The third-order valence-corrected chi connectivity index (χ3v) is 4.45. The van der Waals surface area contributed by atoms with Crippen molar-refractivity contribution in [3.8, 4) is 0 Å². The molecule has 1 unspecified atom stereocenters. The van der Waals surface area contributed by atoms with E-state index in [1.807, 2.05) is 0 Å². The predicted molar refractivity (Wildman–Crippen MR) is 92.0 cm³/mol. The fraction of sp³-hybridized carbons (Fsp3) is 0.111. The molecule has 0 amide bonds. The molecule has 0 aromatic heterocycles. The van der Waals surface area contributed by atoms with Crippen LogP contribution in [-0.2, 0) is 0 Å². The molecule has 0 aliphatic heterocycles. The molecule has 3 aromatic rings. The maximum atomic E-state index is 5.86. The molecule has 0 fully saturated rings. The molecule has 0 spiro atoms. The van der Waals surface area contributed by atoms with E-state index < -0.39 is 0 Å². The first-order valence-electron chi connectivity index (χ1n) is 6.90. The molecule has 0 heterocycles. The fourth-order valence-electron chi connectivity index (χ4n) is 2.72. The normalized spacial score (nSPS) is 12.5. The largest absolute Gasteiger partial charge is 0.271 e. The van der Waals surface area contributed by atoms with E-state index in [2.05, 4.69) is 88.9 Å². The second kappa shape index (κ2) is 5.98. The second-order valence-electron chi connectivity index (χ2n) is 5.19. The van der Waals surface area contributed by atoms with Crippen LogP contribution >= 0.6 is 15.9 Å². The van der Waals surface area contributed by atoms with Crippen LogP contribution < -0.4 is 11.3 Å². The summed E-state index contributed by atoms with van der Waals surface area (Å²) < 4.78 is 1.07. The van der Waals surface area contributed by atoms with Gasteiger partial charge in [-0.15, -0.1) is 0 Å². The molecule has 3 N–H and O–H groups in total. The van der Waals surface area contributed by atoms with Crippen LogP contribution in [-0.4, -0.2) is 0 Å². The molecule has 3 aromatic carbocycles. The smallest absolute Gasteiger partial charge is 0.0726 e. The van der Waals surface area contributed by atoms with Crippen molar-refractivity contribution in [2.45, 2.75) is 13.0 Å².